The van der Waals surface area contributed by atoms with Crippen LogP contribution in [0.4, 0.5) is 13.2 Å². The van der Waals surface area contributed by atoms with Gasteiger partial charge in [0, 0.05) is 12.0 Å². The van der Waals surface area contributed by atoms with Crippen molar-refractivity contribution >= 4 is 0 Å². The number of hydrogen-bond donors (Lipinski definition) is 1. The molecule has 0 radical (unpaired) electrons. The summed E-state index contributed by atoms with van der Waals surface area (Å²) in [6.45, 7) is 3.54. The molecule has 0 amide bonds. The second-order valence-corrected chi connectivity index (χ2v) is 4.00. The molecule has 4 nitrogen and oxygen atoms in total. The monoisotopic (exact) mass is 223 g/mol. The third-order valence-corrected chi connectivity index (χ3v) is 1.70. The lowest BCUT2D eigenvalue weighted by molar-refractivity contribution is -0.146. The average molecular weight is 223 g/mol. The van der Waals surface area contributed by atoms with Gasteiger partial charge in [-0.15, -0.1) is 0 Å². The molecule has 0 atom stereocenters. The van der Waals surface area contributed by atoms with Crippen molar-refractivity contribution in [1.82, 2.24) is 10.1 Å². The van der Waals surface area contributed by atoms with Crippen molar-refractivity contribution in [3.8, 4) is 0 Å². The van der Waals surface area contributed by atoms with Crippen molar-refractivity contribution in [2.75, 3.05) is 0 Å². The van der Waals surface area contributed by atoms with E-state index in [4.69, 9.17) is 5.73 Å². The fourth-order valence-electron chi connectivity index (χ4n) is 0.901. The van der Waals surface area contributed by atoms with Gasteiger partial charge in [-0.05, 0) is 20.3 Å². The Balaban J connectivity index is 2.62. The highest BCUT2D eigenvalue weighted by molar-refractivity contribution is 4.92. The predicted molar refractivity (Wildman–Crippen MR) is 45.9 cm³/mol. The normalized spacial score (nSPS) is 13.2. The minimum absolute atomic E-state index is 0.0409. The second-order valence-electron chi connectivity index (χ2n) is 4.00. The van der Waals surface area contributed by atoms with Crippen molar-refractivity contribution < 1.29 is 17.7 Å². The number of nitrogens with two attached hydrogens (primary N) is 1. The van der Waals surface area contributed by atoms with Crippen LogP contribution in [0.25, 0.3) is 0 Å². The highest BCUT2D eigenvalue weighted by atomic mass is 19.4. The van der Waals surface area contributed by atoms with Gasteiger partial charge in [-0.25, -0.2) is 0 Å². The maximum absolute atomic E-state index is 12.1. The predicted octanol–water partition coefficient (Wildman–Crippen LogP) is 1.76. The largest absolute Gasteiger partial charge is 0.455 e. The van der Waals surface area contributed by atoms with E-state index in [0.717, 1.165) is 0 Å². The molecule has 2 N–H and O–H groups in total. The molecular weight excluding hydrogens is 211 g/mol. The molecule has 0 bridgehead atoms. The summed E-state index contributed by atoms with van der Waals surface area (Å²) in [7, 11) is 0. The highest BCUT2D eigenvalue weighted by Crippen LogP contribution is 2.26. The summed E-state index contributed by atoms with van der Waals surface area (Å²) in [6, 6.07) is 0. The van der Waals surface area contributed by atoms with Gasteiger partial charge in [0.15, 0.2) is 0 Å². The van der Waals surface area contributed by atoms with E-state index >= 15 is 0 Å². The molecule has 1 aromatic heterocycles. The van der Waals surface area contributed by atoms with Gasteiger partial charge in [-0.2, -0.15) is 18.2 Å². The zero-order chi connectivity index (χ0) is 11.7. The van der Waals surface area contributed by atoms with E-state index in [-0.39, 0.29) is 12.3 Å². The zero-order valence-corrected chi connectivity index (χ0v) is 8.43. The van der Waals surface area contributed by atoms with E-state index in [9.17, 15) is 13.2 Å². The van der Waals surface area contributed by atoms with Crippen LogP contribution in [0.1, 0.15) is 32.0 Å². The summed E-state index contributed by atoms with van der Waals surface area (Å²) in [5.74, 6) is -1.28. The molecule has 0 aliphatic heterocycles. The van der Waals surface area contributed by atoms with Crippen molar-refractivity contribution in [2.24, 2.45) is 5.73 Å². The summed E-state index contributed by atoms with van der Waals surface area (Å²) in [5, 5.41) is 2.84. The smallest absolute Gasteiger partial charge is 0.339 e. The third-order valence-electron chi connectivity index (χ3n) is 1.70. The van der Waals surface area contributed by atoms with Crippen LogP contribution in [-0.2, 0) is 12.6 Å². The highest BCUT2D eigenvalue weighted by Gasteiger charge is 2.37. The Morgan fingerprint density at radius 2 is 1.93 bits per heavy atom. The molecular formula is C8H12F3N3O. The average Bonchev–Trinajstić information content (AvgIpc) is 2.45. The molecule has 0 saturated heterocycles. The number of aryl methyl sites for hydroxylation is 1. The van der Waals surface area contributed by atoms with Crippen LogP contribution in [0.2, 0.25) is 0 Å². The molecule has 1 aromatic rings. The van der Waals surface area contributed by atoms with Crippen LogP contribution in [0.5, 0.6) is 0 Å². The second kappa shape index (κ2) is 3.80. The molecule has 86 valence electrons. The molecule has 0 aliphatic carbocycles. The van der Waals surface area contributed by atoms with E-state index in [1.54, 1.807) is 13.8 Å². The van der Waals surface area contributed by atoms with Gasteiger partial charge in [0.1, 0.15) is 0 Å². The van der Waals surface area contributed by atoms with Crippen molar-refractivity contribution in [2.45, 2.75) is 38.4 Å². The zero-order valence-electron chi connectivity index (χ0n) is 8.43. The van der Waals surface area contributed by atoms with Crippen LogP contribution in [0, 0.1) is 0 Å². The Kier molecular flexibility index (Phi) is 3.03. The SMILES string of the molecule is CC(C)(N)CCc1nc(C(F)(F)F)no1. The number of nitrogens with zero attached hydrogens (tertiary/aromatic N) is 2. The van der Waals surface area contributed by atoms with Gasteiger partial charge >= 0.3 is 6.18 Å². The van der Waals surface area contributed by atoms with E-state index < -0.39 is 17.5 Å². The van der Waals surface area contributed by atoms with Crippen molar-refractivity contribution in [1.29, 1.82) is 0 Å². The number of hydrogen-bond acceptors (Lipinski definition) is 4. The molecule has 15 heavy (non-hydrogen) atoms. The van der Waals surface area contributed by atoms with Gasteiger partial charge in [-0.1, -0.05) is 5.16 Å². The molecule has 0 aliphatic rings. The third kappa shape index (κ3) is 3.86. The minimum atomic E-state index is -4.56. The first kappa shape index (κ1) is 12.0. The van der Waals surface area contributed by atoms with Crippen molar-refractivity contribution in [3.63, 3.8) is 0 Å². The first-order valence-electron chi connectivity index (χ1n) is 4.37. The summed E-state index contributed by atoms with van der Waals surface area (Å²) < 4.78 is 40.6. The Labute approximate surface area is 84.6 Å². The van der Waals surface area contributed by atoms with Gasteiger partial charge in [0.05, 0.1) is 0 Å². The van der Waals surface area contributed by atoms with Gasteiger partial charge < -0.3 is 10.3 Å². The lowest BCUT2D eigenvalue weighted by atomic mass is 10.0. The molecule has 0 aromatic carbocycles. The lowest BCUT2D eigenvalue weighted by Gasteiger charge is -2.16. The molecule has 7 heteroatoms. The quantitative estimate of drug-likeness (QED) is 0.847. The minimum Gasteiger partial charge on any atom is -0.339 e. The molecule has 0 unspecified atom stereocenters. The molecule has 0 saturated carbocycles. The van der Waals surface area contributed by atoms with Crippen LogP contribution in [0.15, 0.2) is 4.52 Å². The van der Waals surface area contributed by atoms with E-state index in [1.807, 2.05) is 0 Å². The van der Waals surface area contributed by atoms with E-state index in [2.05, 4.69) is 14.7 Å². The first-order chi connectivity index (χ1) is 6.68. The Hall–Kier alpha value is -1.11. The Bertz CT molecular complexity index is 327. The van der Waals surface area contributed by atoms with Gasteiger partial charge in [0.2, 0.25) is 5.89 Å². The summed E-state index contributed by atoms with van der Waals surface area (Å²) in [6.07, 6.45) is -3.83. The summed E-state index contributed by atoms with van der Waals surface area (Å²) >= 11 is 0. The van der Waals surface area contributed by atoms with Crippen LogP contribution >= 0.6 is 0 Å². The lowest BCUT2D eigenvalue weighted by Crippen LogP contribution is -2.32. The number of rotatable bonds is 3. The molecule has 1 heterocycles. The molecule has 1 rings (SSSR count). The van der Waals surface area contributed by atoms with Crippen LogP contribution in [-0.4, -0.2) is 15.7 Å². The summed E-state index contributed by atoms with van der Waals surface area (Å²) in [5.41, 5.74) is 5.20. The van der Waals surface area contributed by atoms with Crippen LogP contribution in [0.3, 0.4) is 0 Å². The van der Waals surface area contributed by atoms with Crippen molar-refractivity contribution in [3.05, 3.63) is 11.7 Å². The molecule has 0 fully saturated rings. The maximum atomic E-state index is 12.1. The van der Waals surface area contributed by atoms with Crippen LogP contribution < -0.4 is 5.73 Å². The number of halogens is 3. The topological polar surface area (TPSA) is 64.9 Å². The number of aromatic nitrogens is 2. The Morgan fingerprint density at radius 1 is 1.33 bits per heavy atom. The first-order valence-corrected chi connectivity index (χ1v) is 4.37. The Morgan fingerprint density at radius 3 is 2.33 bits per heavy atom. The fraction of sp³-hybridized carbons (Fsp3) is 0.750. The van der Waals surface area contributed by atoms with Gasteiger partial charge in [0.25, 0.3) is 5.82 Å². The molecule has 0 spiro atoms. The van der Waals surface area contributed by atoms with E-state index in [1.165, 1.54) is 0 Å². The van der Waals surface area contributed by atoms with Gasteiger partial charge in [-0.3, -0.25) is 0 Å². The maximum Gasteiger partial charge on any atom is 0.455 e. The number of alkyl halides is 3. The fourth-order valence-corrected chi connectivity index (χ4v) is 0.901. The van der Waals surface area contributed by atoms with E-state index in [0.29, 0.717) is 6.42 Å². The standard InChI is InChI=1S/C8H12F3N3O/c1-7(2,12)4-3-5-13-6(14-15-5)8(9,10)11/h3-4,12H2,1-2H3. The summed E-state index contributed by atoms with van der Waals surface area (Å²) in [4.78, 5) is 3.23.